The molecule has 1 aromatic heterocycles. The van der Waals surface area contributed by atoms with Gasteiger partial charge in [0.2, 0.25) is 6.71 Å². The van der Waals surface area contributed by atoms with Crippen LogP contribution in [0.25, 0.3) is 0 Å². The number of unbranched alkanes of at least 4 members (excludes halogenated alkanes) is 10. The van der Waals surface area contributed by atoms with Crippen LogP contribution in [0.3, 0.4) is 0 Å². The molecule has 0 saturated heterocycles. The highest BCUT2D eigenvalue weighted by Gasteiger charge is 2.23. The lowest BCUT2D eigenvalue weighted by Gasteiger charge is -2.23. The summed E-state index contributed by atoms with van der Waals surface area (Å²) in [6.45, 7) is 12.9. The fourth-order valence-electron chi connectivity index (χ4n) is 5.29. The van der Waals surface area contributed by atoms with Gasteiger partial charge < -0.3 is 9.30 Å². The lowest BCUT2D eigenvalue weighted by atomic mass is 9.38. The molecule has 3 aromatic rings. The summed E-state index contributed by atoms with van der Waals surface area (Å²) in [5, 5.41) is 0. The summed E-state index contributed by atoms with van der Waals surface area (Å²) in [6, 6.07) is 17.5. The van der Waals surface area contributed by atoms with E-state index in [0.29, 0.717) is 6.71 Å². The van der Waals surface area contributed by atoms with E-state index < -0.39 is 0 Å². The van der Waals surface area contributed by atoms with Crippen LogP contribution in [0.4, 0.5) is 0 Å². The van der Waals surface area contributed by atoms with Crippen molar-refractivity contribution >= 4 is 17.6 Å². The predicted molar refractivity (Wildman–Crippen MR) is 177 cm³/mol. The second kappa shape index (κ2) is 19.6. The fraction of sp³-hybridized carbons (Fsp3) is 0.583. The Morgan fingerprint density at radius 3 is 2.02 bits per heavy atom. The summed E-state index contributed by atoms with van der Waals surface area (Å²) in [5.41, 5.74) is 4.27. The van der Waals surface area contributed by atoms with Crippen LogP contribution in [-0.4, -0.2) is 23.4 Å². The van der Waals surface area contributed by atoms with Gasteiger partial charge >= 0.3 is 0 Å². The summed E-state index contributed by atoms with van der Waals surface area (Å²) < 4.78 is 7.80. The number of methoxy groups -OCH3 is 1. The number of nitrogens with zero attached hydrogens (tertiary/aromatic N) is 2. The van der Waals surface area contributed by atoms with E-state index in [9.17, 15) is 0 Å². The van der Waals surface area contributed by atoms with Gasteiger partial charge in [-0.25, -0.2) is 4.98 Å². The normalized spacial score (nSPS) is 11.2. The number of hydrogen-bond donors (Lipinski definition) is 0. The summed E-state index contributed by atoms with van der Waals surface area (Å²) >= 11 is 0. The number of benzene rings is 2. The third-order valence-electron chi connectivity index (χ3n) is 7.84. The molecule has 0 N–H and O–H groups in total. The van der Waals surface area contributed by atoms with Gasteiger partial charge in [0.25, 0.3) is 0 Å². The fourth-order valence-corrected chi connectivity index (χ4v) is 5.29. The minimum Gasteiger partial charge on any atom is -0.497 e. The number of hydrogen-bond acceptors (Lipinski definition) is 2. The smallest absolute Gasteiger partial charge is 0.214 e. The molecule has 0 aliphatic heterocycles. The molecule has 0 aliphatic carbocycles. The zero-order chi connectivity index (χ0) is 29.1. The monoisotopic (exact) mass is 544 g/mol. The van der Waals surface area contributed by atoms with Crippen LogP contribution in [0, 0.1) is 0 Å². The zero-order valence-electron chi connectivity index (χ0n) is 26.6. The van der Waals surface area contributed by atoms with Crippen molar-refractivity contribution < 1.29 is 4.74 Å². The topological polar surface area (TPSA) is 27.1 Å². The van der Waals surface area contributed by atoms with E-state index in [1.807, 2.05) is 24.8 Å². The van der Waals surface area contributed by atoms with Gasteiger partial charge in [-0.1, -0.05) is 159 Å². The van der Waals surface area contributed by atoms with Gasteiger partial charge in [0.15, 0.2) is 0 Å². The summed E-state index contributed by atoms with van der Waals surface area (Å²) in [7, 11) is 1.77. The van der Waals surface area contributed by atoms with Gasteiger partial charge in [-0.15, -0.1) is 0 Å². The molecule has 0 saturated carbocycles. The van der Waals surface area contributed by atoms with E-state index in [2.05, 4.69) is 86.6 Å². The number of aromatic nitrogens is 2. The van der Waals surface area contributed by atoms with Crippen molar-refractivity contribution in [3.05, 3.63) is 72.8 Å². The van der Waals surface area contributed by atoms with Gasteiger partial charge in [-0.2, -0.15) is 0 Å². The SMILES string of the molecule is CCCCB(c1cccc(C(C)(C)C)c1)c1ccccc1OC.CCCCCCCCCCCCn1ccnc1. The molecule has 0 radical (unpaired) electrons. The highest BCUT2D eigenvalue weighted by molar-refractivity contribution is 6.85. The number of imidazole rings is 1. The molecule has 0 unspecified atom stereocenters. The highest BCUT2D eigenvalue weighted by atomic mass is 16.5. The standard InChI is InChI=1S/C21H29BO.C15H28N2/c1-6-7-15-22(19-13-8-9-14-20(19)23-5)18-12-10-11-17(16-18)21(2,3)4;1-2-3-4-5-6-7-8-9-10-11-13-17-14-12-16-15-17/h8-14,16H,6-7,15H2,1-5H3;12,14-15H,2-11,13H2,1H3. The molecule has 0 fully saturated rings. The van der Waals surface area contributed by atoms with Crippen molar-refractivity contribution in [2.24, 2.45) is 0 Å². The largest absolute Gasteiger partial charge is 0.497 e. The van der Waals surface area contributed by atoms with Crippen LogP contribution in [0.1, 0.15) is 117 Å². The molecule has 1 heterocycles. The molecule has 0 spiro atoms. The molecule has 0 atom stereocenters. The third-order valence-corrected chi connectivity index (χ3v) is 7.84. The molecule has 2 aromatic carbocycles. The summed E-state index contributed by atoms with van der Waals surface area (Å²) in [5.74, 6) is 0.995. The number of rotatable bonds is 17. The average molecular weight is 545 g/mol. The Morgan fingerprint density at radius 1 is 0.775 bits per heavy atom. The molecule has 40 heavy (non-hydrogen) atoms. The minimum atomic E-state index is 0.173. The van der Waals surface area contributed by atoms with Crippen LogP contribution >= 0.6 is 0 Å². The predicted octanol–water partition coefficient (Wildman–Crippen LogP) is 9.21. The number of ether oxygens (including phenoxy) is 1. The van der Waals surface area contributed by atoms with Crippen molar-refractivity contribution in [3.8, 4) is 5.75 Å². The van der Waals surface area contributed by atoms with Crippen LogP contribution in [0.15, 0.2) is 67.3 Å². The first-order valence-electron chi connectivity index (χ1n) is 16.1. The molecule has 3 nitrogen and oxygen atoms in total. The first kappa shape index (κ1) is 33.7. The number of para-hydroxylation sites is 1. The molecular weight excluding hydrogens is 487 g/mol. The van der Waals surface area contributed by atoms with Gasteiger partial charge in [0, 0.05) is 18.9 Å². The van der Waals surface area contributed by atoms with Gasteiger partial charge in [0.05, 0.1) is 13.4 Å². The van der Waals surface area contributed by atoms with E-state index in [0.717, 1.165) is 18.6 Å². The van der Waals surface area contributed by atoms with Crippen LogP contribution in [-0.2, 0) is 12.0 Å². The van der Waals surface area contributed by atoms with Crippen LogP contribution in [0.2, 0.25) is 6.32 Å². The second-order valence-electron chi connectivity index (χ2n) is 12.3. The first-order chi connectivity index (χ1) is 19.4. The molecule has 0 bridgehead atoms. The Kier molecular flexibility index (Phi) is 16.5. The van der Waals surface area contributed by atoms with E-state index in [1.54, 1.807) is 7.11 Å². The maximum absolute atomic E-state index is 5.63. The van der Waals surface area contributed by atoms with Crippen molar-refractivity contribution in [3.63, 3.8) is 0 Å². The first-order valence-corrected chi connectivity index (χ1v) is 16.1. The van der Waals surface area contributed by atoms with Crippen LogP contribution in [0.5, 0.6) is 5.75 Å². The van der Waals surface area contributed by atoms with E-state index in [4.69, 9.17) is 4.74 Å². The van der Waals surface area contributed by atoms with Gasteiger partial charge in [-0.3, -0.25) is 0 Å². The Morgan fingerprint density at radius 2 is 1.43 bits per heavy atom. The quantitative estimate of drug-likeness (QED) is 0.125. The lowest BCUT2D eigenvalue weighted by molar-refractivity contribution is 0.418. The minimum absolute atomic E-state index is 0.173. The highest BCUT2D eigenvalue weighted by Crippen LogP contribution is 2.21. The van der Waals surface area contributed by atoms with Crippen molar-refractivity contribution in [2.45, 2.75) is 130 Å². The molecular formula is C36H57BN2O. The van der Waals surface area contributed by atoms with Crippen molar-refractivity contribution in [1.82, 2.24) is 9.55 Å². The summed E-state index contributed by atoms with van der Waals surface area (Å²) in [6.07, 6.45) is 23.5. The van der Waals surface area contributed by atoms with E-state index in [1.165, 1.54) is 93.5 Å². The maximum Gasteiger partial charge on any atom is 0.214 e. The second-order valence-corrected chi connectivity index (χ2v) is 12.3. The Balaban J connectivity index is 0.000000294. The zero-order valence-corrected chi connectivity index (χ0v) is 26.6. The van der Waals surface area contributed by atoms with Crippen LogP contribution < -0.4 is 15.7 Å². The van der Waals surface area contributed by atoms with E-state index >= 15 is 0 Å². The van der Waals surface area contributed by atoms with Gasteiger partial charge in [-0.05, 0) is 28.9 Å². The molecule has 0 aliphatic rings. The van der Waals surface area contributed by atoms with E-state index in [-0.39, 0.29) is 5.41 Å². The third kappa shape index (κ3) is 12.8. The Labute approximate surface area is 247 Å². The maximum atomic E-state index is 5.63. The van der Waals surface area contributed by atoms with Gasteiger partial charge in [0.1, 0.15) is 5.75 Å². The molecule has 4 heteroatoms. The molecule has 220 valence electrons. The average Bonchev–Trinajstić information content (AvgIpc) is 3.48. The Bertz CT molecular complexity index is 1030. The molecule has 0 amide bonds. The molecule has 3 rings (SSSR count). The number of aryl methyl sites for hydroxylation is 1. The summed E-state index contributed by atoms with van der Waals surface area (Å²) in [4.78, 5) is 4.05. The Hall–Kier alpha value is -2.49. The van der Waals surface area contributed by atoms with Crippen molar-refractivity contribution in [2.75, 3.05) is 7.11 Å². The lowest BCUT2D eigenvalue weighted by Crippen LogP contribution is -2.43. The van der Waals surface area contributed by atoms with Crippen molar-refractivity contribution in [1.29, 1.82) is 0 Å².